The van der Waals surface area contributed by atoms with E-state index in [-0.39, 0.29) is 12.0 Å². The van der Waals surface area contributed by atoms with Crippen LogP contribution >= 0.6 is 11.6 Å². The highest BCUT2D eigenvalue weighted by Gasteiger charge is 2.29. The normalized spacial score (nSPS) is 12.5. The Morgan fingerprint density at radius 2 is 1.50 bits per heavy atom. The number of carbonyl (C=O) groups excluding carboxylic acids is 1. The number of rotatable bonds is 10. The molecule has 5 nitrogen and oxygen atoms in total. The van der Waals surface area contributed by atoms with E-state index < -0.39 is 0 Å². The number of carbonyl (C=O) groups is 1. The number of alkyl halides is 1. The second-order valence-electron chi connectivity index (χ2n) is 6.64. The van der Waals surface area contributed by atoms with Crippen LogP contribution in [0, 0.1) is 0 Å². The van der Waals surface area contributed by atoms with Crippen LogP contribution in [0.3, 0.4) is 0 Å². The highest BCUT2D eigenvalue weighted by Crippen LogP contribution is 2.44. The van der Waals surface area contributed by atoms with Gasteiger partial charge in [-0.25, -0.2) is 4.79 Å². The smallest absolute Gasteiger partial charge is 0.409 e. The lowest BCUT2D eigenvalue weighted by Crippen LogP contribution is -2.32. The second-order valence-corrected chi connectivity index (χ2v) is 7.02. The van der Waals surface area contributed by atoms with E-state index in [1.165, 1.54) is 27.2 Å². The van der Waals surface area contributed by atoms with Crippen LogP contribution in [0.5, 0.6) is 0 Å². The van der Waals surface area contributed by atoms with E-state index in [0.717, 1.165) is 0 Å². The van der Waals surface area contributed by atoms with Gasteiger partial charge in [0.05, 0.1) is 26.4 Å². The molecule has 0 radical (unpaired) electrons. The van der Waals surface area contributed by atoms with Gasteiger partial charge in [-0.15, -0.1) is 11.6 Å². The summed E-state index contributed by atoms with van der Waals surface area (Å²) in [4.78, 5) is 13.9. The molecule has 2 aromatic rings. The maximum atomic E-state index is 12.3. The summed E-state index contributed by atoms with van der Waals surface area (Å²) in [7, 11) is 1.71. The van der Waals surface area contributed by atoms with E-state index in [4.69, 9.17) is 25.8 Å². The van der Waals surface area contributed by atoms with Crippen LogP contribution in [0.15, 0.2) is 48.5 Å². The van der Waals surface area contributed by atoms with Crippen molar-refractivity contribution < 1.29 is 19.0 Å². The first-order chi connectivity index (χ1) is 13.7. The van der Waals surface area contributed by atoms with Crippen molar-refractivity contribution in [3.05, 3.63) is 59.7 Å². The molecule has 1 amide bonds. The number of fused-ring (bicyclic) bond motifs is 3. The van der Waals surface area contributed by atoms with Gasteiger partial charge in [0.25, 0.3) is 0 Å². The molecule has 0 spiro atoms. The molecule has 3 rings (SSSR count). The zero-order chi connectivity index (χ0) is 19.8. The lowest BCUT2D eigenvalue weighted by molar-refractivity contribution is 0.0426. The SMILES string of the molecule is CN(CCOCCOCCCl)C(=O)OCC1c2ccccc2-c2ccccc21. The summed E-state index contributed by atoms with van der Waals surface area (Å²) in [6.45, 7) is 2.72. The number of likely N-dealkylation sites (N-methyl/N-ethyl adjacent to an activating group) is 1. The molecule has 0 unspecified atom stereocenters. The van der Waals surface area contributed by atoms with Crippen molar-refractivity contribution in [2.24, 2.45) is 0 Å². The van der Waals surface area contributed by atoms with Crippen LogP contribution in [0.1, 0.15) is 17.0 Å². The summed E-state index contributed by atoms with van der Waals surface area (Å²) in [5.74, 6) is 0.546. The Hall–Kier alpha value is -2.08. The summed E-state index contributed by atoms with van der Waals surface area (Å²) in [5.41, 5.74) is 4.86. The Kier molecular flexibility index (Phi) is 7.71. The predicted octanol–water partition coefficient (Wildman–Crippen LogP) is 4.14. The number of hydrogen-bond donors (Lipinski definition) is 0. The van der Waals surface area contributed by atoms with Crippen molar-refractivity contribution in [1.82, 2.24) is 4.90 Å². The quantitative estimate of drug-likeness (QED) is 0.442. The summed E-state index contributed by atoms with van der Waals surface area (Å²) in [6, 6.07) is 16.6. The van der Waals surface area contributed by atoms with Gasteiger partial charge >= 0.3 is 6.09 Å². The predicted molar refractivity (Wildman–Crippen MR) is 110 cm³/mol. The van der Waals surface area contributed by atoms with Crippen molar-refractivity contribution in [3.8, 4) is 11.1 Å². The van der Waals surface area contributed by atoms with Gasteiger partial charge in [0.15, 0.2) is 0 Å². The van der Waals surface area contributed by atoms with Crippen LogP contribution in [0.25, 0.3) is 11.1 Å². The van der Waals surface area contributed by atoms with Crippen molar-refractivity contribution in [1.29, 1.82) is 0 Å². The molecule has 28 heavy (non-hydrogen) atoms. The van der Waals surface area contributed by atoms with Gasteiger partial charge in [0.2, 0.25) is 0 Å². The summed E-state index contributed by atoms with van der Waals surface area (Å²) in [6.07, 6.45) is -0.344. The fourth-order valence-corrected chi connectivity index (χ4v) is 3.48. The number of nitrogens with zero attached hydrogens (tertiary/aromatic N) is 1. The fourth-order valence-electron chi connectivity index (χ4n) is 3.37. The molecular formula is C22H26ClNO4. The number of halogens is 1. The molecule has 0 fully saturated rings. The highest BCUT2D eigenvalue weighted by atomic mass is 35.5. The average molecular weight is 404 g/mol. The van der Waals surface area contributed by atoms with E-state index in [9.17, 15) is 4.79 Å². The molecule has 2 aromatic carbocycles. The molecule has 0 N–H and O–H groups in total. The van der Waals surface area contributed by atoms with E-state index in [1.54, 1.807) is 7.05 Å². The van der Waals surface area contributed by atoms with Crippen molar-refractivity contribution in [2.75, 3.05) is 52.5 Å². The number of amides is 1. The monoisotopic (exact) mass is 403 g/mol. The van der Waals surface area contributed by atoms with Gasteiger partial charge < -0.3 is 19.1 Å². The molecule has 0 aromatic heterocycles. The molecule has 0 bridgehead atoms. The Morgan fingerprint density at radius 1 is 0.929 bits per heavy atom. The van der Waals surface area contributed by atoms with Crippen molar-refractivity contribution >= 4 is 17.7 Å². The summed E-state index contributed by atoms with van der Waals surface area (Å²) < 4.78 is 16.3. The molecule has 0 saturated carbocycles. The maximum absolute atomic E-state index is 12.3. The molecule has 150 valence electrons. The molecule has 0 aliphatic heterocycles. The van der Waals surface area contributed by atoms with Gasteiger partial charge in [-0.05, 0) is 22.3 Å². The minimum atomic E-state index is -0.344. The average Bonchev–Trinajstić information content (AvgIpc) is 3.05. The second kappa shape index (κ2) is 10.5. The Bertz CT molecular complexity index is 737. The number of ether oxygens (including phenoxy) is 3. The van der Waals surface area contributed by atoms with E-state index in [2.05, 4.69) is 24.3 Å². The minimum absolute atomic E-state index is 0.0695. The molecule has 0 saturated heterocycles. The molecular weight excluding hydrogens is 378 g/mol. The molecule has 1 aliphatic carbocycles. The van der Waals surface area contributed by atoms with Gasteiger partial charge in [-0.1, -0.05) is 48.5 Å². The van der Waals surface area contributed by atoms with Crippen LogP contribution in [0.4, 0.5) is 4.79 Å². The molecule has 0 atom stereocenters. The first-order valence-electron chi connectivity index (χ1n) is 9.50. The third kappa shape index (κ3) is 5.04. The Morgan fingerprint density at radius 3 is 2.11 bits per heavy atom. The van der Waals surface area contributed by atoms with E-state index in [0.29, 0.717) is 45.5 Å². The third-order valence-corrected chi connectivity index (χ3v) is 4.97. The lowest BCUT2D eigenvalue weighted by atomic mass is 9.98. The largest absolute Gasteiger partial charge is 0.448 e. The summed E-state index contributed by atoms with van der Waals surface area (Å²) >= 11 is 5.53. The fraction of sp³-hybridized carbons (Fsp3) is 0.409. The molecule has 6 heteroatoms. The van der Waals surface area contributed by atoms with Crippen LogP contribution in [0.2, 0.25) is 0 Å². The topological polar surface area (TPSA) is 48.0 Å². The molecule has 1 aliphatic rings. The zero-order valence-corrected chi connectivity index (χ0v) is 16.9. The van der Waals surface area contributed by atoms with Crippen LogP contribution in [-0.4, -0.2) is 63.5 Å². The van der Waals surface area contributed by atoms with Gasteiger partial charge in [0.1, 0.15) is 6.61 Å². The van der Waals surface area contributed by atoms with Crippen LogP contribution in [-0.2, 0) is 14.2 Å². The third-order valence-electron chi connectivity index (χ3n) is 4.81. The number of benzene rings is 2. The summed E-state index contributed by atoms with van der Waals surface area (Å²) in [5, 5.41) is 0. The van der Waals surface area contributed by atoms with Gasteiger partial charge in [-0.2, -0.15) is 0 Å². The van der Waals surface area contributed by atoms with Crippen molar-refractivity contribution in [3.63, 3.8) is 0 Å². The zero-order valence-electron chi connectivity index (χ0n) is 16.1. The Labute approximate surface area is 171 Å². The molecule has 0 heterocycles. The van der Waals surface area contributed by atoms with Gasteiger partial charge in [0, 0.05) is 25.4 Å². The first-order valence-corrected chi connectivity index (χ1v) is 10.0. The maximum Gasteiger partial charge on any atom is 0.409 e. The lowest BCUT2D eigenvalue weighted by Gasteiger charge is -2.19. The highest BCUT2D eigenvalue weighted by molar-refractivity contribution is 6.17. The van der Waals surface area contributed by atoms with E-state index >= 15 is 0 Å². The Balaban J connectivity index is 1.47. The van der Waals surface area contributed by atoms with Gasteiger partial charge in [-0.3, -0.25) is 0 Å². The van der Waals surface area contributed by atoms with E-state index in [1.807, 2.05) is 24.3 Å². The minimum Gasteiger partial charge on any atom is -0.448 e. The standard InChI is InChI=1S/C22H26ClNO4/c1-24(11-13-27-15-14-26-12-10-23)22(25)28-16-21-19-8-4-2-6-17(19)18-7-3-5-9-20(18)21/h2-9,21H,10-16H2,1H3. The van der Waals surface area contributed by atoms with Crippen LogP contribution < -0.4 is 0 Å². The number of hydrogen-bond acceptors (Lipinski definition) is 4. The van der Waals surface area contributed by atoms with Crippen molar-refractivity contribution in [2.45, 2.75) is 5.92 Å². The first kappa shape index (κ1) is 20.6.